The lowest BCUT2D eigenvalue weighted by Gasteiger charge is -2.24. The van der Waals surface area contributed by atoms with Crippen molar-refractivity contribution < 1.29 is 19.2 Å². The molecule has 0 aliphatic carbocycles. The molecule has 0 spiro atoms. The summed E-state index contributed by atoms with van der Waals surface area (Å²) >= 11 is 0. The van der Waals surface area contributed by atoms with Crippen LogP contribution in [0.25, 0.3) is 6.08 Å². The molecule has 2 aromatic carbocycles. The third-order valence-electron chi connectivity index (χ3n) is 5.12. The van der Waals surface area contributed by atoms with E-state index in [2.05, 4.69) is 17.5 Å². The molecule has 158 valence electrons. The molecule has 1 atom stereocenters. The average Bonchev–Trinajstić information content (AvgIpc) is 2.78. The molecule has 0 fully saturated rings. The second kappa shape index (κ2) is 10.6. The van der Waals surface area contributed by atoms with Crippen molar-refractivity contribution in [2.24, 2.45) is 0 Å². The van der Waals surface area contributed by atoms with Gasteiger partial charge in [-0.1, -0.05) is 48.6 Å². The molecule has 0 bridgehead atoms. The Labute approximate surface area is 177 Å². The van der Waals surface area contributed by atoms with Crippen LogP contribution >= 0.6 is 0 Å². The van der Waals surface area contributed by atoms with Gasteiger partial charge in [-0.25, -0.2) is 5.06 Å². The number of carbonyl (C=O) groups is 2. The zero-order valence-electron chi connectivity index (χ0n) is 17.5. The number of fused-ring (bicyclic) bond motifs is 2. The molecule has 3 rings (SSSR count). The van der Waals surface area contributed by atoms with Gasteiger partial charge in [-0.2, -0.15) is 0 Å². The maximum absolute atomic E-state index is 13.1. The van der Waals surface area contributed by atoms with Crippen LogP contribution in [-0.2, 0) is 16.1 Å². The van der Waals surface area contributed by atoms with Gasteiger partial charge in [0.2, 0.25) is 0 Å². The van der Waals surface area contributed by atoms with Gasteiger partial charge in [0.05, 0.1) is 19.3 Å². The third-order valence-corrected chi connectivity index (χ3v) is 5.12. The number of likely N-dealkylation sites (N-methyl/N-ethyl adjacent to an activating group) is 1. The van der Waals surface area contributed by atoms with Crippen LogP contribution in [0.3, 0.4) is 0 Å². The Morgan fingerprint density at radius 3 is 2.73 bits per heavy atom. The van der Waals surface area contributed by atoms with Gasteiger partial charge in [-0.15, -0.1) is 0 Å². The number of nitrogens with one attached hydrogen (secondary N) is 1. The first-order valence-corrected chi connectivity index (χ1v) is 10.2. The number of hydroxylamine groups is 2. The Kier molecular flexibility index (Phi) is 7.63. The summed E-state index contributed by atoms with van der Waals surface area (Å²) < 4.78 is 5.86. The van der Waals surface area contributed by atoms with Crippen molar-refractivity contribution in [2.45, 2.75) is 31.7 Å². The van der Waals surface area contributed by atoms with Crippen molar-refractivity contribution >= 4 is 17.9 Å². The van der Waals surface area contributed by atoms with Crippen molar-refractivity contribution in [3.63, 3.8) is 0 Å². The molecule has 6 nitrogen and oxygen atoms in total. The zero-order valence-corrected chi connectivity index (χ0v) is 17.5. The molecular weight excluding hydrogens is 380 g/mol. The molecule has 0 saturated carbocycles. The highest BCUT2D eigenvalue weighted by Gasteiger charge is 2.27. The van der Waals surface area contributed by atoms with Crippen LogP contribution in [0.15, 0.2) is 54.6 Å². The quantitative estimate of drug-likeness (QED) is 0.771. The van der Waals surface area contributed by atoms with Gasteiger partial charge in [0.15, 0.2) is 0 Å². The first-order chi connectivity index (χ1) is 14.6. The summed E-state index contributed by atoms with van der Waals surface area (Å²) in [6, 6.07) is 14.2. The fourth-order valence-electron chi connectivity index (χ4n) is 3.38. The predicted octanol–water partition coefficient (Wildman–Crippen LogP) is 3.62. The maximum atomic E-state index is 13.1. The van der Waals surface area contributed by atoms with Gasteiger partial charge in [0, 0.05) is 13.5 Å². The molecular formula is C24H28N2O4. The lowest BCUT2D eigenvalue weighted by atomic mass is 9.98. The molecule has 1 aliphatic heterocycles. The Morgan fingerprint density at radius 1 is 1.13 bits per heavy atom. The fraction of sp³-hybridized carbons (Fsp3) is 0.333. The summed E-state index contributed by atoms with van der Waals surface area (Å²) in [7, 11) is 2.96. The van der Waals surface area contributed by atoms with E-state index in [-0.39, 0.29) is 11.8 Å². The van der Waals surface area contributed by atoms with E-state index in [0.717, 1.165) is 35.5 Å². The Hall–Kier alpha value is -3.12. The molecule has 2 amide bonds. The van der Waals surface area contributed by atoms with E-state index < -0.39 is 6.04 Å². The lowest BCUT2D eigenvalue weighted by Crippen LogP contribution is -2.48. The van der Waals surface area contributed by atoms with Gasteiger partial charge in [-0.05, 0) is 42.5 Å². The van der Waals surface area contributed by atoms with Crippen molar-refractivity contribution in [3.8, 4) is 5.75 Å². The summed E-state index contributed by atoms with van der Waals surface area (Å²) in [6.45, 7) is 0.531. The lowest BCUT2D eigenvalue weighted by molar-refractivity contribution is -0.170. The minimum absolute atomic E-state index is 0.327. The van der Waals surface area contributed by atoms with Crippen molar-refractivity contribution in [1.82, 2.24) is 10.4 Å². The zero-order chi connectivity index (χ0) is 21.3. The molecule has 1 N–H and O–H groups in total. The van der Waals surface area contributed by atoms with Crippen LogP contribution in [0.4, 0.5) is 0 Å². The SMILES string of the molecule is CON(C)C(=O)C1Cc2ccccc2/C=C/CCCCOc2ccccc2C(=O)N1. The summed E-state index contributed by atoms with van der Waals surface area (Å²) in [5.74, 6) is -0.157. The highest BCUT2D eigenvalue weighted by atomic mass is 16.7. The van der Waals surface area contributed by atoms with E-state index in [1.54, 1.807) is 18.2 Å². The number of rotatable bonds is 2. The molecule has 0 aromatic heterocycles. The summed E-state index contributed by atoms with van der Waals surface area (Å²) in [4.78, 5) is 31.1. The summed E-state index contributed by atoms with van der Waals surface area (Å²) in [6.07, 6.45) is 7.39. The molecule has 1 heterocycles. The molecule has 2 aromatic rings. The van der Waals surface area contributed by atoms with E-state index in [1.165, 1.54) is 14.2 Å². The standard InChI is InChI=1S/C24H28N2O4/c1-26(29-2)24(28)21-17-19-13-7-6-12-18(19)11-5-3-4-10-16-30-22-15-9-8-14-20(22)23(27)25-21/h5-9,11-15,21H,3-4,10,16-17H2,1-2H3,(H,25,27)/b11-5+. The molecule has 0 saturated heterocycles. The summed E-state index contributed by atoms with van der Waals surface area (Å²) in [5.41, 5.74) is 2.43. The Bertz CT molecular complexity index is 910. The first kappa shape index (κ1) is 21.6. The largest absolute Gasteiger partial charge is 0.493 e. The van der Waals surface area contributed by atoms with Crippen LogP contribution in [0.5, 0.6) is 5.75 Å². The van der Waals surface area contributed by atoms with Gasteiger partial charge >= 0.3 is 0 Å². The minimum atomic E-state index is -0.782. The number of hydrogen-bond acceptors (Lipinski definition) is 4. The number of ether oxygens (including phenoxy) is 1. The van der Waals surface area contributed by atoms with Crippen molar-refractivity contribution in [3.05, 3.63) is 71.3 Å². The molecule has 1 unspecified atom stereocenters. The van der Waals surface area contributed by atoms with Crippen molar-refractivity contribution in [1.29, 1.82) is 0 Å². The van der Waals surface area contributed by atoms with Crippen LogP contribution in [-0.4, -0.2) is 43.7 Å². The van der Waals surface area contributed by atoms with E-state index in [0.29, 0.717) is 24.3 Å². The molecule has 0 radical (unpaired) electrons. The van der Waals surface area contributed by atoms with Gasteiger partial charge in [0.1, 0.15) is 11.8 Å². The van der Waals surface area contributed by atoms with Crippen LogP contribution < -0.4 is 10.1 Å². The Morgan fingerprint density at radius 2 is 1.90 bits per heavy atom. The van der Waals surface area contributed by atoms with E-state index >= 15 is 0 Å². The number of benzene rings is 2. The van der Waals surface area contributed by atoms with Crippen LogP contribution in [0.2, 0.25) is 0 Å². The van der Waals surface area contributed by atoms with Crippen molar-refractivity contribution in [2.75, 3.05) is 20.8 Å². The smallest absolute Gasteiger partial charge is 0.268 e. The highest BCUT2D eigenvalue weighted by molar-refractivity contribution is 5.99. The topological polar surface area (TPSA) is 67.9 Å². The van der Waals surface area contributed by atoms with Crippen LogP contribution in [0.1, 0.15) is 40.7 Å². The van der Waals surface area contributed by atoms with Gasteiger partial charge in [-0.3, -0.25) is 14.4 Å². The summed E-state index contributed by atoms with van der Waals surface area (Å²) in [5, 5.41) is 4.02. The third kappa shape index (κ3) is 5.48. The minimum Gasteiger partial charge on any atom is -0.493 e. The maximum Gasteiger partial charge on any atom is 0.268 e. The van der Waals surface area contributed by atoms with Crippen LogP contribution in [0, 0.1) is 0 Å². The number of nitrogens with zero attached hydrogens (tertiary/aromatic N) is 1. The predicted molar refractivity (Wildman–Crippen MR) is 116 cm³/mol. The normalized spacial score (nSPS) is 18.5. The fourth-order valence-corrected chi connectivity index (χ4v) is 3.38. The van der Waals surface area contributed by atoms with E-state index in [4.69, 9.17) is 9.57 Å². The molecule has 6 heteroatoms. The highest BCUT2D eigenvalue weighted by Crippen LogP contribution is 2.20. The monoisotopic (exact) mass is 408 g/mol. The second-order valence-corrected chi connectivity index (χ2v) is 7.19. The van der Waals surface area contributed by atoms with E-state index in [1.807, 2.05) is 30.3 Å². The first-order valence-electron chi connectivity index (χ1n) is 10.2. The number of allylic oxidation sites excluding steroid dienone is 1. The van der Waals surface area contributed by atoms with E-state index in [9.17, 15) is 9.59 Å². The Balaban J connectivity index is 1.97. The average molecular weight is 408 g/mol. The van der Waals surface area contributed by atoms with Gasteiger partial charge < -0.3 is 10.1 Å². The second-order valence-electron chi connectivity index (χ2n) is 7.19. The number of amides is 2. The number of carbonyl (C=O) groups excluding carboxylic acids is 2. The number of para-hydroxylation sites is 1. The van der Waals surface area contributed by atoms with Gasteiger partial charge in [0.25, 0.3) is 11.8 Å². The molecule has 30 heavy (non-hydrogen) atoms. The molecule has 1 aliphatic rings. The number of hydrogen-bond donors (Lipinski definition) is 1.